The number of aliphatic hydroxyl groups is 1. The van der Waals surface area contributed by atoms with E-state index in [4.69, 9.17) is 9.47 Å². The Labute approximate surface area is 272 Å². The highest BCUT2D eigenvalue weighted by Crippen LogP contribution is 2.46. The zero-order valence-corrected chi connectivity index (χ0v) is 26.4. The molecule has 2 aliphatic rings. The molecule has 3 N–H and O–H groups in total. The summed E-state index contributed by atoms with van der Waals surface area (Å²) in [5.74, 6) is -3.19. The molecule has 2 fully saturated rings. The smallest absolute Gasteiger partial charge is 0.326 e. The fourth-order valence-corrected chi connectivity index (χ4v) is 6.12. The van der Waals surface area contributed by atoms with Gasteiger partial charge in [0.25, 0.3) is 0 Å². The Morgan fingerprint density at radius 2 is 1.62 bits per heavy atom. The second-order valence-corrected chi connectivity index (χ2v) is 12.7. The average molecular weight is 651 g/mol. The number of carbonyl (C=O) groups is 3. The number of nitrogens with one attached hydrogen (secondary N) is 1. The van der Waals surface area contributed by atoms with Gasteiger partial charge in [0.1, 0.15) is 29.9 Å². The van der Waals surface area contributed by atoms with Gasteiger partial charge >= 0.3 is 5.97 Å². The molecule has 9 nitrogen and oxygen atoms in total. The van der Waals surface area contributed by atoms with E-state index in [-0.39, 0.29) is 24.5 Å². The van der Waals surface area contributed by atoms with E-state index in [1.165, 1.54) is 36.4 Å². The Kier molecular flexibility index (Phi) is 10.7. The molecule has 2 aliphatic heterocycles. The van der Waals surface area contributed by atoms with Crippen LogP contribution in [0.25, 0.3) is 0 Å². The minimum Gasteiger partial charge on any atom is -0.480 e. The number of aliphatic carboxylic acids is 1. The van der Waals surface area contributed by atoms with Gasteiger partial charge in [-0.05, 0) is 84.7 Å². The third kappa shape index (κ3) is 8.04. The molecule has 0 spiro atoms. The van der Waals surface area contributed by atoms with Crippen molar-refractivity contribution >= 4 is 23.5 Å². The molecule has 0 aliphatic carbocycles. The number of rotatable bonds is 15. The van der Waals surface area contributed by atoms with Gasteiger partial charge in [-0.25, -0.2) is 13.6 Å². The summed E-state index contributed by atoms with van der Waals surface area (Å²) in [4.78, 5) is 38.9. The second-order valence-electron chi connectivity index (χ2n) is 12.7. The molecule has 2 saturated heterocycles. The molecule has 0 bridgehead atoms. The Balaban J connectivity index is 1.23. The third-order valence-corrected chi connectivity index (χ3v) is 9.00. The first kappa shape index (κ1) is 34.2. The lowest BCUT2D eigenvalue weighted by Gasteiger charge is -2.48. The van der Waals surface area contributed by atoms with Gasteiger partial charge in [0, 0.05) is 5.69 Å². The highest BCUT2D eigenvalue weighted by molar-refractivity contribution is 6.03. The van der Waals surface area contributed by atoms with Gasteiger partial charge in [0.15, 0.2) is 0 Å². The molecule has 0 saturated carbocycles. The van der Waals surface area contributed by atoms with E-state index in [1.54, 1.807) is 30.9 Å². The molecule has 2 heterocycles. The fourth-order valence-electron chi connectivity index (χ4n) is 6.12. The van der Waals surface area contributed by atoms with E-state index in [9.17, 15) is 33.4 Å². The molecule has 47 heavy (non-hydrogen) atoms. The number of ether oxygens (including phenoxy) is 2. The van der Waals surface area contributed by atoms with Crippen LogP contribution in [0.1, 0.15) is 61.9 Å². The summed E-state index contributed by atoms with van der Waals surface area (Å²) in [7, 11) is 0. The Morgan fingerprint density at radius 1 is 1.00 bits per heavy atom. The maximum Gasteiger partial charge on any atom is 0.326 e. The highest BCUT2D eigenvalue weighted by atomic mass is 19.1. The van der Waals surface area contributed by atoms with E-state index in [0.29, 0.717) is 50.1 Å². The molecule has 0 aromatic heterocycles. The van der Waals surface area contributed by atoms with Gasteiger partial charge in [-0.2, -0.15) is 0 Å². The van der Waals surface area contributed by atoms with Gasteiger partial charge in [-0.3, -0.25) is 9.59 Å². The number of halogens is 2. The molecular weight excluding hydrogens is 610 g/mol. The van der Waals surface area contributed by atoms with Gasteiger partial charge in [0.05, 0.1) is 31.3 Å². The molecular formula is C36H40F2N2O7. The quantitative estimate of drug-likeness (QED) is 0.195. The Morgan fingerprint density at radius 3 is 2.17 bits per heavy atom. The van der Waals surface area contributed by atoms with Crippen molar-refractivity contribution in [1.82, 2.24) is 5.32 Å². The van der Waals surface area contributed by atoms with E-state index >= 15 is 0 Å². The molecule has 11 heteroatoms. The van der Waals surface area contributed by atoms with Crippen molar-refractivity contribution in [2.24, 2.45) is 11.8 Å². The number of amides is 2. The van der Waals surface area contributed by atoms with Crippen molar-refractivity contribution < 1.29 is 42.9 Å². The maximum absolute atomic E-state index is 13.7. The number of carbonyl (C=O) groups excluding carboxylic acids is 2. The van der Waals surface area contributed by atoms with Crippen LogP contribution in [0.4, 0.5) is 14.5 Å². The fraction of sp³-hybridized carbons (Fsp3) is 0.417. The molecule has 250 valence electrons. The van der Waals surface area contributed by atoms with Crippen LogP contribution in [0.15, 0.2) is 72.8 Å². The summed E-state index contributed by atoms with van der Waals surface area (Å²) in [6.45, 7) is 3.82. The lowest BCUT2D eigenvalue weighted by Crippen LogP contribution is -2.55. The zero-order chi connectivity index (χ0) is 33.7. The molecule has 1 unspecified atom stereocenters. The normalized spacial score (nSPS) is 19.9. The first-order valence-electron chi connectivity index (χ1n) is 15.8. The number of hydrogen-bond acceptors (Lipinski definition) is 6. The number of β-lactam (4-membered cyclic amide) rings is 1. The third-order valence-electron chi connectivity index (χ3n) is 9.00. The lowest BCUT2D eigenvalue weighted by atomic mass is 9.78. The maximum atomic E-state index is 13.7. The van der Waals surface area contributed by atoms with E-state index in [2.05, 4.69) is 5.32 Å². The van der Waals surface area contributed by atoms with Crippen LogP contribution in [0.5, 0.6) is 0 Å². The first-order chi connectivity index (χ1) is 22.5. The lowest BCUT2D eigenvalue weighted by molar-refractivity contribution is -0.212. The monoisotopic (exact) mass is 650 g/mol. The van der Waals surface area contributed by atoms with Crippen molar-refractivity contribution in [3.8, 4) is 0 Å². The van der Waals surface area contributed by atoms with Gasteiger partial charge in [-0.1, -0.05) is 50.2 Å². The number of carboxylic acids is 1. The molecule has 2 amide bonds. The predicted molar refractivity (Wildman–Crippen MR) is 169 cm³/mol. The Bertz CT molecular complexity index is 1540. The highest BCUT2D eigenvalue weighted by Gasteiger charge is 2.48. The van der Waals surface area contributed by atoms with Gasteiger partial charge in [0.2, 0.25) is 11.8 Å². The summed E-state index contributed by atoms with van der Waals surface area (Å²) in [5.41, 5.74) is 2.42. The van der Waals surface area contributed by atoms with Crippen LogP contribution >= 0.6 is 0 Å². The number of hydrogen-bond donors (Lipinski definition) is 3. The number of carboxylic acid groups (broad SMARTS) is 1. The van der Waals surface area contributed by atoms with Crippen LogP contribution in [-0.4, -0.2) is 59.5 Å². The standard InChI is InChI=1S/C36H40F2N2O7/c1-22(2)32(35(44)45)39-31(42)19-47-36(20-46-21-36)18-17-23-3-5-25(6-4-23)33-29(15-16-30(41)24-7-9-26(37)10-8-24)34(43)40(33)28-13-11-27(38)12-14-28/h3-14,22,29-30,32-33,41H,15-21H2,1-2H3,(H,39,42)(H,44,45)/t29?,30-,32-,33+/m0/s1. The summed E-state index contributed by atoms with van der Waals surface area (Å²) < 4.78 is 38.4. The molecule has 3 aromatic rings. The van der Waals surface area contributed by atoms with E-state index in [0.717, 1.165) is 11.1 Å². The number of aliphatic hydroxyl groups excluding tert-OH is 1. The summed E-state index contributed by atoms with van der Waals surface area (Å²) >= 11 is 0. The van der Waals surface area contributed by atoms with Crippen LogP contribution < -0.4 is 10.2 Å². The minimum atomic E-state index is -1.10. The summed E-state index contributed by atoms with van der Waals surface area (Å²) in [6, 6.07) is 18.0. The van der Waals surface area contributed by atoms with Crippen LogP contribution in [0, 0.1) is 23.5 Å². The largest absolute Gasteiger partial charge is 0.480 e. The Hall–Kier alpha value is -4.19. The first-order valence-corrected chi connectivity index (χ1v) is 15.8. The average Bonchev–Trinajstić information content (AvgIpc) is 3.03. The zero-order valence-electron chi connectivity index (χ0n) is 26.4. The van der Waals surface area contributed by atoms with E-state index < -0.39 is 47.2 Å². The van der Waals surface area contributed by atoms with Gasteiger partial charge in [-0.15, -0.1) is 0 Å². The minimum absolute atomic E-state index is 0.117. The van der Waals surface area contributed by atoms with Gasteiger partial charge < -0.3 is 29.9 Å². The summed E-state index contributed by atoms with van der Waals surface area (Å²) in [5, 5.41) is 22.6. The van der Waals surface area contributed by atoms with Crippen molar-refractivity contribution in [1.29, 1.82) is 0 Å². The van der Waals surface area contributed by atoms with Crippen LogP contribution in [0.2, 0.25) is 0 Å². The van der Waals surface area contributed by atoms with Crippen molar-refractivity contribution in [2.45, 2.75) is 63.3 Å². The van der Waals surface area contributed by atoms with E-state index in [1.807, 2.05) is 24.3 Å². The second kappa shape index (κ2) is 14.7. The van der Waals surface area contributed by atoms with Crippen molar-refractivity contribution in [3.05, 3.63) is 101 Å². The summed E-state index contributed by atoms with van der Waals surface area (Å²) in [6.07, 6.45) is 1.08. The molecule has 5 rings (SSSR count). The van der Waals surface area contributed by atoms with Crippen molar-refractivity contribution in [2.75, 3.05) is 24.7 Å². The predicted octanol–water partition coefficient (Wildman–Crippen LogP) is 5.13. The number of anilines is 1. The number of aryl methyl sites for hydroxylation is 1. The molecule has 4 atom stereocenters. The molecule has 3 aromatic carbocycles. The topological polar surface area (TPSA) is 125 Å². The van der Waals surface area contributed by atoms with Crippen LogP contribution in [-0.2, 0) is 30.3 Å². The number of nitrogens with zero attached hydrogens (tertiary/aromatic N) is 1. The van der Waals surface area contributed by atoms with Crippen LogP contribution in [0.3, 0.4) is 0 Å². The van der Waals surface area contributed by atoms with Crippen molar-refractivity contribution in [3.63, 3.8) is 0 Å². The molecule has 0 radical (unpaired) electrons. The SMILES string of the molecule is CC(C)[C@H](NC(=O)COC1(CCc2ccc([C@@H]3C(CC[C@H](O)c4ccc(F)cc4)C(=O)N3c3ccc(F)cc3)cc2)COC1)C(=O)O. The number of benzene rings is 3.